The quantitative estimate of drug-likeness (QED) is 0.781. The maximum atomic E-state index is 13.5. The minimum absolute atomic E-state index is 0.204. The summed E-state index contributed by atoms with van der Waals surface area (Å²) in [4.78, 5) is 17.2. The van der Waals surface area contributed by atoms with E-state index in [1.54, 1.807) is 11.8 Å². The van der Waals surface area contributed by atoms with Gasteiger partial charge < -0.3 is 4.74 Å². The van der Waals surface area contributed by atoms with Gasteiger partial charge in [-0.3, -0.25) is 9.89 Å². The van der Waals surface area contributed by atoms with Crippen LogP contribution in [0.25, 0.3) is 0 Å². The van der Waals surface area contributed by atoms with E-state index in [-0.39, 0.29) is 31.9 Å². The number of rotatable bonds is 4. The lowest BCUT2D eigenvalue weighted by Gasteiger charge is -2.14. The van der Waals surface area contributed by atoms with Gasteiger partial charge in [-0.1, -0.05) is 12.1 Å². The van der Waals surface area contributed by atoms with Crippen LogP contribution >= 0.6 is 0 Å². The highest BCUT2D eigenvalue weighted by molar-refractivity contribution is 6.37. The van der Waals surface area contributed by atoms with Gasteiger partial charge in [-0.2, -0.15) is 0 Å². The second-order valence-corrected chi connectivity index (χ2v) is 4.17. The molecule has 0 N–H and O–H groups in total. The molecule has 2 rings (SSSR count). The summed E-state index contributed by atoms with van der Waals surface area (Å²) in [5.74, 6) is -2.18. The number of esters is 1. The molecule has 0 saturated heterocycles. The van der Waals surface area contributed by atoms with Crippen molar-refractivity contribution >= 4 is 11.7 Å². The number of hydrogen-bond acceptors (Lipinski definition) is 4. The van der Waals surface area contributed by atoms with Crippen molar-refractivity contribution in [2.75, 3.05) is 19.8 Å². The Morgan fingerprint density at radius 1 is 1.47 bits per heavy atom. The molecule has 6 heteroatoms. The fraction of sp³-hybridized carbons (Fsp3) is 0.385. The molecule has 1 aliphatic heterocycles. The predicted molar refractivity (Wildman–Crippen MR) is 65.7 cm³/mol. The van der Waals surface area contributed by atoms with E-state index in [9.17, 15) is 13.6 Å². The van der Waals surface area contributed by atoms with Crippen molar-refractivity contribution in [1.82, 2.24) is 4.90 Å². The third-order valence-corrected chi connectivity index (χ3v) is 2.77. The zero-order chi connectivity index (χ0) is 13.8. The Labute approximate surface area is 109 Å². The molecular weight excluding hydrogens is 254 g/mol. The van der Waals surface area contributed by atoms with Crippen LogP contribution in [-0.2, 0) is 16.1 Å². The van der Waals surface area contributed by atoms with Crippen LogP contribution in [0.2, 0.25) is 0 Å². The maximum Gasteiger partial charge on any atom is 0.353 e. The van der Waals surface area contributed by atoms with Gasteiger partial charge in [0.15, 0.2) is 11.6 Å². The minimum Gasteiger partial charge on any atom is -0.461 e. The molecule has 0 unspecified atom stereocenters. The lowest BCUT2D eigenvalue weighted by Crippen LogP contribution is -2.27. The van der Waals surface area contributed by atoms with E-state index in [1.807, 2.05) is 0 Å². The molecule has 1 heterocycles. The summed E-state index contributed by atoms with van der Waals surface area (Å²) in [7, 11) is 0. The van der Waals surface area contributed by atoms with Crippen LogP contribution in [-0.4, -0.2) is 36.4 Å². The van der Waals surface area contributed by atoms with Gasteiger partial charge in [0.2, 0.25) is 0 Å². The Morgan fingerprint density at radius 3 is 3.00 bits per heavy atom. The molecule has 19 heavy (non-hydrogen) atoms. The predicted octanol–water partition coefficient (Wildman–Crippen LogP) is 1.74. The molecular formula is C13H14F2N2O2. The van der Waals surface area contributed by atoms with Crippen LogP contribution in [0, 0.1) is 11.6 Å². The van der Waals surface area contributed by atoms with Crippen LogP contribution in [0.15, 0.2) is 23.2 Å². The Morgan fingerprint density at radius 2 is 2.26 bits per heavy atom. The summed E-state index contributed by atoms with van der Waals surface area (Å²) in [5.41, 5.74) is 0.568. The van der Waals surface area contributed by atoms with Crippen molar-refractivity contribution in [3.8, 4) is 0 Å². The second kappa shape index (κ2) is 5.88. The first-order chi connectivity index (χ1) is 9.11. The van der Waals surface area contributed by atoms with Crippen LogP contribution in [0.1, 0.15) is 12.5 Å². The van der Waals surface area contributed by atoms with E-state index in [0.717, 1.165) is 6.07 Å². The Hall–Kier alpha value is -1.82. The zero-order valence-corrected chi connectivity index (χ0v) is 10.5. The summed E-state index contributed by atoms with van der Waals surface area (Å²) >= 11 is 0. The summed E-state index contributed by atoms with van der Waals surface area (Å²) in [6, 6.07) is 4.04. The lowest BCUT2D eigenvalue weighted by atomic mass is 10.2. The fourth-order valence-corrected chi connectivity index (χ4v) is 1.86. The van der Waals surface area contributed by atoms with Crippen molar-refractivity contribution < 1.29 is 18.3 Å². The van der Waals surface area contributed by atoms with Gasteiger partial charge in [0.1, 0.15) is 5.71 Å². The van der Waals surface area contributed by atoms with E-state index >= 15 is 0 Å². The first-order valence-electron chi connectivity index (χ1n) is 5.97. The molecule has 0 aromatic heterocycles. The Balaban J connectivity index is 1.97. The van der Waals surface area contributed by atoms with Crippen molar-refractivity contribution in [2.24, 2.45) is 4.99 Å². The van der Waals surface area contributed by atoms with E-state index in [1.165, 1.54) is 12.1 Å². The number of halogens is 2. The van der Waals surface area contributed by atoms with Crippen LogP contribution in [0.5, 0.6) is 0 Å². The van der Waals surface area contributed by atoms with Gasteiger partial charge in [-0.05, 0) is 13.0 Å². The molecule has 0 spiro atoms. The standard InChI is InChI=1S/C13H14F2N2O2/c1-2-19-13(18)11-7-17(8-16-11)6-9-4-3-5-10(14)12(9)15/h3-5H,2,6-8H2,1H3. The normalized spacial score (nSPS) is 15.4. The van der Waals surface area contributed by atoms with Gasteiger partial charge in [0, 0.05) is 18.7 Å². The zero-order valence-electron chi connectivity index (χ0n) is 10.5. The minimum atomic E-state index is -0.872. The van der Waals surface area contributed by atoms with Crippen LogP contribution in [0.4, 0.5) is 8.78 Å². The number of nitrogens with zero attached hydrogens (tertiary/aromatic N) is 2. The lowest BCUT2D eigenvalue weighted by molar-refractivity contribution is -0.135. The second-order valence-electron chi connectivity index (χ2n) is 4.17. The van der Waals surface area contributed by atoms with Crippen LogP contribution in [0.3, 0.4) is 0 Å². The van der Waals surface area contributed by atoms with E-state index in [4.69, 9.17) is 4.74 Å². The number of aliphatic imine (C=N–C) groups is 1. The SMILES string of the molecule is CCOC(=O)C1=NCN(Cc2cccc(F)c2F)C1. The number of ether oxygens (including phenoxy) is 1. The number of benzene rings is 1. The number of carbonyl (C=O) groups is 1. The third-order valence-electron chi connectivity index (χ3n) is 2.77. The topological polar surface area (TPSA) is 41.9 Å². The summed E-state index contributed by atoms with van der Waals surface area (Å²) in [6.45, 7) is 2.78. The van der Waals surface area contributed by atoms with Gasteiger partial charge in [0.25, 0.3) is 0 Å². The van der Waals surface area contributed by atoms with E-state index in [0.29, 0.717) is 5.71 Å². The highest BCUT2D eigenvalue weighted by Gasteiger charge is 2.23. The third kappa shape index (κ3) is 3.14. The van der Waals surface area contributed by atoms with E-state index < -0.39 is 17.6 Å². The molecule has 1 aliphatic rings. The maximum absolute atomic E-state index is 13.5. The van der Waals surface area contributed by atoms with Gasteiger partial charge in [-0.15, -0.1) is 0 Å². The molecule has 1 aromatic carbocycles. The smallest absolute Gasteiger partial charge is 0.353 e. The number of hydrogen-bond donors (Lipinski definition) is 0. The molecule has 0 fully saturated rings. The number of carbonyl (C=O) groups excluding carboxylic acids is 1. The van der Waals surface area contributed by atoms with Crippen molar-refractivity contribution in [3.63, 3.8) is 0 Å². The molecule has 1 aromatic rings. The monoisotopic (exact) mass is 268 g/mol. The molecule has 0 saturated carbocycles. The van der Waals surface area contributed by atoms with Crippen molar-refractivity contribution in [3.05, 3.63) is 35.4 Å². The highest BCUT2D eigenvalue weighted by atomic mass is 19.2. The highest BCUT2D eigenvalue weighted by Crippen LogP contribution is 2.15. The average Bonchev–Trinajstić information content (AvgIpc) is 2.84. The van der Waals surface area contributed by atoms with Gasteiger partial charge >= 0.3 is 5.97 Å². The first kappa shape index (κ1) is 13.6. The molecule has 0 atom stereocenters. The molecule has 0 amide bonds. The summed E-state index contributed by atoms with van der Waals surface area (Å²) in [6.07, 6.45) is 0. The fourth-order valence-electron chi connectivity index (χ4n) is 1.86. The Kier molecular flexibility index (Phi) is 4.21. The van der Waals surface area contributed by atoms with Crippen molar-refractivity contribution in [2.45, 2.75) is 13.5 Å². The molecule has 102 valence electrons. The first-order valence-corrected chi connectivity index (χ1v) is 5.97. The molecule has 0 bridgehead atoms. The summed E-state index contributed by atoms with van der Waals surface area (Å²) in [5, 5.41) is 0. The van der Waals surface area contributed by atoms with Gasteiger partial charge in [-0.25, -0.2) is 13.6 Å². The molecule has 0 radical (unpaired) electrons. The average molecular weight is 268 g/mol. The molecule has 4 nitrogen and oxygen atoms in total. The summed E-state index contributed by atoms with van der Waals surface area (Å²) < 4.78 is 31.4. The Bertz CT molecular complexity index is 517. The molecule has 0 aliphatic carbocycles. The van der Waals surface area contributed by atoms with Crippen molar-refractivity contribution in [1.29, 1.82) is 0 Å². The largest absolute Gasteiger partial charge is 0.461 e. The van der Waals surface area contributed by atoms with Gasteiger partial charge in [0.05, 0.1) is 13.3 Å². The van der Waals surface area contributed by atoms with Crippen LogP contribution < -0.4 is 0 Å². The van der Waals surface area contributed by atoms with E-state index in [2.05, 4.69) is 4.99 Å².